The number of esters is 1. The number of carbonyl (C=O) groups is 1. The minimum Gasteiger partial charge on any atom is -0.459 e. The molecule has 0 bridgehead atoms. The van der Waals surface area contributed by atoms with E-state index < -0.39 is 5.60 Å². The van der Waals surface area contributed by atoms with Gasteiger partial charge in [0.2, 0.25) is 5.82 Å². The number of rotatable bonds is 7. The second-order valence-electron chi connectivity index (χ2n) is 10.2. The van der Waals surface area contributed by atoms with Crippen LogP contribution < -0.4 is 0 Å². The maximum atomic E-state index is 12.1. The van der Waals surface area contributed by atoms with Crippen LogP contribution in [0.25, 0.3) is 34.0 Å². The zero-order valence-corrected chi connectivity index (χ0v) is 21.8. The van der Waals surface area contributed by atoms with E-state index in [4.69, 9.17) is 9.26 Å². The van der Waals surface area contributed by atoms with Crippen molar-refractivity contribution in [1.82, 2.24) is 15.0 Å². The van der Waals surface area contributed by atoms with Crippen molar-refractivity contribution < 1.29 is 14.1 Å². The Hall–Kier alpha value is -3.77. The van der Waals surface area contributed by atoms with Crippen LogP contribution in [0.2, 0.25) is 0 Å². The zero-order valence-electron chi connectivity index (χ0n) is 21.8. The monoisotopic (exact) mass is 483 g/mol. The summed E-state index contributed by atoms with van der Waals surface area (Å²) in [5.41, 5.74) is 7.18. The van der Waals surface area contributed by atoms with Crippen LogP contribution in [0.5, 0.6) is 0 Å². The molecule has 3 aromatic carbocycles. The highest BCUT2D eigenvalue weighted by molar-refractivity contribution is 5.74. The molecule has 186 valence electrons. The number of likely N-dealkylation sites (N-methyl/N-ethyl adjacent to an activating group) is 1. The molecule has 0 N–H and O–H groups in total. The van der Waals surface area contributed by atoms with Crippen LogP contribution in [0, 0.1) is 13.8 Å². The minimum absolute atomic E-state index is 0.231. The number of carbonyl (C=O) groups excluding carboxylic acids is 1. The quantitative estimate of drug-likeness (QED) is 0.281. The first-order chi connectivity index (χ1) is 17.1. The standard InChI is InChI=1S/C30H33N3O3/c1-20-9-7-8-10-25(20)26-16-15-24(17-21(26)2)29-31-28(32-36-29)23-13-11-22(12-14-23)18-33(6)19-27(34)35-30(3,4)5/h7-17H,18-19H2,1-6H3. The maximum absolute atomic E-state index is 12.1. The summed E-state index contributed by atoms with van der Waals surface area (Å²) in [6.45, 7) is 10.7. The van der Waals surface area contributed by atoms with Gasteiger partial charge in [0.25, 0.3) is 5.89 Å². The lowest BCUT2D eigenvalue weighted by Crippen LogP contribution is -2.32. The van der Waals surface area contributed by atoms with Gasteiger partial charge in [-0.25, -0.2) is 0 Å². The number of hydrogen-bond donors (Lipinski definition) is 0. The third kappa shape index (κ3) is 6.26. The maximum Gasteiger partial charge on any atom is 0.320 e. The summed E-state index contributed by atoms with van der Waals surface area (Å²) in [6.07, 6.45) is 0. The molecule has 0 atom stereocenters. The van der Waals surface area contributed by atoms with Gasteiger partial charge in [-0.1, -0.05) is 59.8 Å². The van der Waals surface area contributed by atoms with E-state index in [1.54, 1.807) is 0 Å². The van der Waals surface area contributed by atoms with Crippen molar-refractivity contribution in [3.05, 3.63) is 83.4 Å². The topological polar surface area (TPSA) is 68.5 Å². The van der Waals surface area contributed by atoms with Crippen molar-refractivity contribution in [2.24, 2.45) is 0 Å². The lowest BCUT2D eigenvalue weighted by molar-refractivity contribution is -0.155. The van der Waals surface area contributed by atoms with E-state index in [1.165, 1.54) is 16.7 Å². The van der Waals surface area contributed by atoms with E-state index in [2.05, 4.69) is 60.4 Å². The Kier molecular flexibility index (Phi) is 7.36. The van der Waals surface area contributed by atoms with Gasteiger partial charge in [-0.2, -0.15) is 4.98 Å². The molecule has 4 rings (SSSR count). The van der Waals surface area contributed by atoms with Gasteiger partial charge in [0.1, 0.15) is 5.60 Å². The molecule has 0 aliphatic carbocycles. The molecule has 6 nitrogen and oxygen atoms in total. The number of aromatic nitrogens is 2. The molecular formula is C30H33N3O3. The van der Waals surface area contributed by atoms with Crippen molar-refractivity contribution in [1.29, 1.82) is 0 Å². The third-order valence-corrected chi connectivity index (χ3v) is 5.82. The van der Waals surface area contributed by atoms with Crippen molar-refractivity contribution in [2.45, 2.75) is 46.8 Å². The predicted octanol–water partition coefficient (Wildman–Crippen LogP) is 6.46. The smallest absolute Gasteiger partial charge is 0.320 e. The fraction of sp³-hybridized carbons (Fsp3) is 0.300. The second kappa shape index (κ2) is 10.5. The van der Waals surface area contributed by atoms with Crippen LogP contribution >= 0.6 is 0 Å². The summed E-state index contributed by atoms with van der Waals surface area (Å²) in [6, 6.07) is 22.6. The van der Waals surface area contributed by atoms with Gasteiger partial charge in [0.05, 0.1) is 6.54 Å². The van der Waals surface area contributed by atoms with Crippen LogP contribution in [-0.2, 0) is 16.1 Å². The van der Waals surface area contributed by atoms with Crippen molar-refractivity contribution in [2.75, 3.05) is 13.6 Å². The lowest BCUT2D eigenvalue weighted by Gasteiger charge is -2.22. The van der Waals surface area contributed by atoms with Crippen LogP contribution in [0.1, 0.15) is 37.5 Å². The van der Waals surface area contributed by atoms with Gasteiger partial charge in [-0.15, -0.1) is 0 Å². The summed E-state index contributed by atoms with van der Waals surface area (Å²) in [4.78, 5) is 18.6. The van der Waals surface area contributed by atoms with E-state index in [1.807, 2.05) is 63.1 Å². The second-order valence-corrected chi connectivity index (χ2v) is 10.2. The van der Waals surface area contributed by atoms with E-state index >= 15 is 0 Å². The molecule has 1 heterocycles. The van der Waals surface area contributed by atoms with Crippen molar-refractivity contribution >= 4 is 5.97 Å². The third-order valence-electron chi connectivity index (χ3n) is 5.82. The van der Waals surface area contributed by atoms with E-state index in [0.29, 0.717) is 18.3 Å². The largest absolute Gasteiger partial charge is 0.459 e. The average molecular weight is 484 g/mol. The molecule has 0 fully saturated rings. The molecule has 0 radical (unpaired) electrons. The zero-order chi connectivity index (χ0) is 25.9. The first-order valence-corrected chi connectivity index (χ1v) is 12.1. The highest BCUT2D eigenvalue weighted by Gasteiger charge is 2.18. The van der Waals surface area contributed by atoms with Gasteiger partial charge in [0, 0.05) is 17.7 Å². The van der Waals surface area contributed by atoms with Gasteiger partial charge in [-0.3, -0.25) is 9.69 Å². The van der Waals surface area contributed by atoms with Gasteiger partial charge in [-0.05, 0) is 81.6 Å². The normalized spacial score (nSPS) is 11.6. The van der Waals surface area contributed by atoms with E-state index in [0.717, 1.165) is 22.3 Å². The fourth-order valence-corrected chi connectivity index (χ4v) is 4.15. The highest BCUT2D eigenvalue weighted by Crippen LogP contribution is 2.30. The molecule has 0 saturated heterocycles. The Morgan fingerprint density at radius 1 is 0.917 bits per heavy atom. The van der Waals surface area contributed by atoms with Crippen molar-refractivity contribution in [3.63, 3.8) is 0 Å². The fourth-order valence-electron chi connectivity index (χ4n) is 4.15. The number of hydrogen-bond acceptors (Lipinski definition) is 6. The predicted molar refractivity (Wildman–Crippen MR) is 142 cm³/mol. The molecule has 1 aromatic heterocycles. The van der Waals surface area contributed by atoms with Crippen LogP contribution in [0.4, 0.5) is 0 Å². The number of benzene rings is 3. The SMILES string of the molecule is Cc1ccccc1-c1ccc(-c2nc(-c3ccc(CN(C)CC(=O)OC(C)(C)C)cc3)no2)cc1C. The van der Waals surface area contributed by atoms with Crippen LogP contribution in [-0.4, -0.2) is 40.2 Å². The Labute approximate surface area is 212 Å². The summed E-state index contributed by atoms with van der Waals surface area (Å²) in [7, 11) is 1.90. The van der Waals surface area contributed by atoms with E-state index in [9.17, 15) is 4.79 Å². The van der Waals surface area contributed by atoms with Gasteiger partial charge < -0.3 is 9.26 Å². The average Bonchev–Trinajstić information content (AvgIpc) is 3.29. The summed E-state index contributed by atoms with van der Waals surface area (Å²) in [5.74, 6) is 0.799. The minimum atomic E-state index is -0.481. The molecule has 6 heteroatoms. The number of aryl methyl sites for hydroxylation is 2. The molecule has 0 aliphatic rings. The van der Waals surface area contributed by atoms with Crippen LogP contribution in [0.3, 0.4) is 0 Å². The Balaban J connectivity index is 1.43. The lowest BCUT2D eigenvalue weighted by atomic mass is 9.95. The number of ether oxygens (including phenoxy) is 1. The molecule has 0 saturated carbocycles. The van der Waals surface area contributed by atoms with Crippen molar-refractivity contribution in [3.8, 4) is 34.0 Å². The summed E-state index contributed by atoms with van der Waals surface area (Å²) < 4.78 is 11.0. The first kappa shape index (κ1) is 25.3. The number of nitrogens with zero attached hydrogens (tertiary/aromatic N) is 3. The molecular weight excluding hydrogens is 450 g/mol. The van der Waals surface area contributed by atoms with Crippen LogP contribution in [0.15, 0.2) is 71.3 Å². The molecule has 36 heavy (non-hydrogen) atoms. The summed E-state index contributed by atoms with van der Waals surface area (Å²) >= 11 is 0. The molecule has 0 amide bonds. The Morgan fingerprint density at radius 2 is 1.58 bits per heavy atom. The summed E-state index contributed by atoms with van der Waals surface area (Å²) in [5, 5.41) is 4.19. The molecule has 0 aliphatic heterocycles. The molecule has 0 unspecified atom stereocenters. The first-order valence-electron chi connectivity index (χ1n) is 12.1. The molecule has 0 spiro atoms. The molecule has 4 aromatic rings. The van der Waals surface area contributed by atoms with E-state index in [-0.39, 0.29) is 12.5 Å². The Morgan fingerprint density at radius 3 is 2.25 bits per heavy atom. The van der Waals surface area contributed by atoms with Gasteiger partial charge >= 0.3 is 5.97 Å². The van der Waals surface area contributed by atoms with Gasteiger partial charge in [0.15, 0.2) is 0 Å². The highest BCUT2D eigenvalue weighted by atomic mass is 16.6. The Bertz CT molecular complexity index is 1350.